The summed E-state index contributed by atoms with van der Waals surface area (Å²) < 4.78 is 11.7. The SMILES string of the molecule is COc1ccc(CC(=O)Nc2nc3ccc(CN4CCC(C)CC4)cc3s2)cc1OC. The van der Waals surface area contributed by atoms with Crippen LogP contribution in [0.15, 0.2) is 36.4 Å². The zero-order chi connectivity index (χ0) is 21.8. The van der Waals surface area contributed by atoms with Gasteiger partial charge >= 0.3 is 0 Å². The predicted octanol–water partition coefficient (Wildman–Crippen LogP) is 4.73. The van der Waals surface area contributed by atoms with E-state index < -0.39 is 0 Å². The van der Waals surface area contributed by atoms with E-state index in [1.807, 2.05) is 18.2 Å². The molecule has 0 spiro atoms. The van der Waals surface area contributed by atoms with Gasteiger partial charge in [0.15, 0.2) is 16.6 Å². The van der Waals surface area contributed by atoms with Gasteiger partial charge in [0.1, 0.15) is 0 Å². The number of benzene rings is 2. The number of ether oxygens (including phenoxy) is 2. The molecule has 0 bridgehead atoms. The summed E-state index contributed by atoms with van der Waals surface area (Å²) in [7, 11) is 3.18. The first kappa shape index (κ1) is 21.6. The maximum Gasteiger partial charge on any atom is 0.230 e. The molecule has 7 heteroatoms. The third kappa shape index (κ3) is 5.35. The van der Waals surface area contributed by atoms with Crippen molar-refractivity contribution in [3.63, 3.8) is 0 Å². The molecule has 0 unspecified atom stereocenters. The number of rotatable bonds is 7. The smallest absolute Gasteiger partial charge is 0.230 e. The number of anilines is 1. The molecule has 1 amide bonds. The van der Waals surface area contributed by atoms with Crippen LogP contribution in [0.2, 0.25) is 0 Å². The first-order valence-corrected chi connectivity index (χ1v) is 11.5. The molecular formula is C24H29N3O3S. The third-order valence-electron chi connectivity index (χ3n) is 5.79. The van der Waals surface area contributed by atoms with Gasteiger partial charge < -0.3 is 14.8 Å². The molecule has 4 rings (SSSR count). The second kappa shape index (κ2) is 9.66. The van der Waals surface area contributed by atoms with Crippen LogP contribution in [0, 0.1) is 5.92 Å². The molecule has 31 heavy (non-hydrogen) atoms. The highest BCUT2D eigenvalue weighted by atomic mass is 32.1. The minimum Gasteiger partial charge on any atom is -0.493 e. The molecule has 3 aromatic rings. The summed E-state index contributed by atoms with van der Waals surface area (Å²) in [6.45, 7) is 5.64. The molecule has 0 atom stereocenters. The van der Waals surface area contributed by atoms with Gasteiger partial charge in [0, 0.05) is 6.54 Å². The number of thiazole rings is 1. The molecular weight excluding hydrogens is 410 g/mol. The Hall–Kier alpha value is -2.64. The maximum absolute atomic E-state index is 12.5. The van der Waals surface area contributed by atoms with E-state index in [0.29, 0.717) is 16.6 Å². The lowest BCUT2D eigenvalue weighted by atomic mass is 9.99. The summed E-state index contributed by atoms with van der Waals surface area (Å²) in [4.78, 5) is 19.6. The van der Waals surface area contributed by atoms with E-state index in [1.165, 1.54) is 42.8 Å². The number of carbonyl (C=O) groups excluding carboxylic acids is 1. The Kier molecular flexibility index (Phi) is 6.73. The first-order chi connectivity index (χ1) is 15.0. The molecule has 6 nitrogen and oxygen atoms in total. The van der Waals surface area contributed by atoms with Crippen molar-refractivity contribution in [1.29, 1.82) is 0 Å². The number of piperidine rings is 1. The van der Waals surface area contributed by atoms with Crippen molar-refractivity contribution >= 4 is 32.6 Å². The maximum atomic E-state index is 12.5. The van der Waals surface area contributed by atoms with Gasteiger partial charge in [-0.2, -0.15) is 0 Å². The largest absolute Gasteiger partial charge is 0.493 e. The Bertz CT molecular complexity index is 1060. The number of carbonyl (C=O) groups is 1. The lowest BCUT2D eigenvalue weighted by molar-refractivity contribution is -0.115. The Morgan fingerprint density at radius 1 is 1.10 bits per heavy atom. The van der Waals surface area contributed by atoms with Crippen molar-refractivity contribution in [2.45, 2.75) is 32.7 Å². The van der Waals surface area contributed by atoms with Crippen LogP contribution < -0.4 is 14.8 Å². The summed E-state index contributed by atoms with van der Waals surface area (Å²) in [5.41, 5.74) is 3.07. The van der Waals surface area contributed by atoms with Crippen molar-refractivity contribution < 1.29 is 14.3 Å². The Morgan fingerprint density at radius 3 is 2.58 bits per heavy atom. The number of nitrogens with zero attached hydrogens (tertiary/aromatic N) is 2. The van der Waals surface area contributed by atoms with Crippen LogP contribution in [0.25, 0.3) is 10.2 Å². The van der Waals surface area contributed by atoms with Crippen molar-refractivity contribution in [3.8, 4) is 11.5 Å². The van der Waals surface area contributed by atoms with E-state index in [1.54, 1.807) is 14.2 Å². The topological polar surface area (TPSA) is 63.7 Å². The van der Waals surface area contributed by atoms with E-state index in [9.17, 15) is 4.79 Å². The van der Waals surface area contributed by atoms with Crippen LogP contribution in [0.5, 0.6) is 11.5 Å². The van der Waals surface area contributed by atoms with Crippen LogP contribution in [0.1, 0.15) is 30.9 Å². The monoisotopic (exact) mass is 439 g/mol. The lowest BCUT2D eigenvalue weighted by Crippen LogP contribution is -2.32. The Labute approximate surface area is 187 Å². The van der Waals surface area contributed by atoms with Crippen LogP contribution in [0.4, 0.5) is 5.13 Å². The molecule has 1 aliphatic rings. The number of nitrogens with one attached hydrogen (secondary N) is 1. The Morgan fingerprint density at radius 2 is 1.84 bits per heavy atom. The summed E-state index contributed by atoms with van der Waals surface area (Å²) >= 11 is 1.52. The zero-order valence-corrected chi connectivity index (χ0v) is 19.1. The molecule has 0 aliphatic carbocycles. The van der Waals surface area contributed by atoms with E-state index in [4.69, 9.17) is 9.47 Å². The fourth-order valence-corrected chi connectivity index (χ4v) is 4.88. The average Bonchev–Trinajstić information content (AvgIpc) is 3.16. The van der Waals surface area contributed by atoms with E-state index in [2.05, 4.69) is 40.3 Å². The number of fused-ring (bicyclic) bond motifs is 1. The van der Waals surface area contributed by atoms with Gasteiger partial charge in [0.05, 0.1) is 30.9 Å². The van der Waals surface area contributed by atoms with Crippen LogP contribution in [-0.2, 0) is 17.8 Å². The molecule has 1 saturated heterocycles. The lowest BCUT2D eigenvalue weighted by Gasteiger charge is -2.30. The number of amides is 1. The fraction of sp³-hybridized carbons (Fsp3) is 0.417. The minimum absolute atomic E-state index is 0.103. The van der Waals surface area contributed by atoms with E-state index >= 15 is 0 Å². The van der Waals surface area contributed by atoms with Gasteiger partial charge in [0.25, 0.3) is 0 Å². The molecule has 0 saturated carbocycles. The number of methoxy groups -OCH3 is 2. The van der Waals surface area contributed by atoms with Gasteiger partial charge in [0.2, 0.25) is 5.91 Å². The minimum atomic E-state index is -0.103. The van der Waals surface area contributed by atoms with Crippen molar-refractivity contribution in [1.82, 2.24) is 9.88 Å². The first-order valence-electron chi connectivity index (χ1n) is 10.7. The van der Waals surface area contributed by atoms with Gasteiger partial charge in [-0.1, -0.05) is 30.4 Å². The normalized spacial score (nSPS) is 15.2. The van der Waals surface area contributed by atoms with Crippen molar-refractivity contribution in [2.75, 3.05) is 32.6 Å². The molecule has 0 radical (unpaired) electrons. The van der Waals surface area contributed by atoms with E-state index in [0.717, 1.165) is 28.2 Å². The number of aromatic nitrogens is 1. The summed E-state index contributed by atoms with van der Waals surface area (Å²) in [5.74, 6) is 2.00. The highest BCUT2D eigenvalue weighted by Crippen LogP contribution is 2.29. The Balaban J connectivity index is 1.40. The average molecular weight is 440 g/mol. The number of hydrogen-bond donors (Lipinski definition) is 1. The zero-order valence-electron chi connectivity index (χ0n) is 18.3. The summed E-state index contributed by atoms with van der Waals surface area (Å²) in [6.07, 6.45) is 2.80. The third-order valence-corrected chi connectivity index (χ3v) is 6.73. The molecule has 2 aromatic carbocycles. The summed E-state index contributed by atoms with van der Waals surface area (Å²) in [5, 5.41) is 3.57. The summed E-state index contributed by atoms with van der Waals surface area (Å²) in [6, 6.07) is 11.9. The van der Waals surface area contributed by atoms with Crippen molar-refractivity contribution in [2.24, 2.45) is 5.92 Å². The molecule has 1 N–H and O–H groups in total. The highest BCUT2D eigenvalue weighted by Gasteiger charge is 2.16. The van der Waals surface area contributed by atoms with Crippen LogP contribution in [0.3, 0.4) is 0 Å². The van der Waals surface area contributed by atoms with Gasteiger partial charge in [-0.05, 0) is 67.2 Å². The second-order valence-electron chi connectivity index (χ2n) is 8.19. The molecule has 164 valence electrons. The highest BCUT2D eigenvalue weighted by molar-refractivity contribution is 7.22. The standard InChI is InChI=1S/C24H29N3O3S/c1-16-8-10-27(11-9-16)15-18-4-6-19-22(13-18)31-24(25-19)26-23(28)14-17-5-7-20(29-2)21(12-17)30-3/h4-7,12-13,16H,8-11,14-15H2,1-3H3,(H,25,26,28). The fourth-order valence-electron chi connectivity index (χ4n) is 3.94. The molecule has 1 aliphatic heterocycles. The van der Waals surface area contributed by atoms with Gasteiger partial charge in [-0.25, -0.2) is 4.98 Å². The van der Waals surface area contributed by atoms with Gasteiger partial charge in [-0.3, -0.25) is 9.69 Å². The predicted molar refractivity (Wildman–Crippen MR) is 125 cm³/mol. The van der Waals surface area contributed by atoms with Crippen molar-refractivity contribution in [3.05, 3.63) is 47.5 Å². The number of hydrogen-bond acceptors (Lipinski definition) is 6. The quantitative estimate of drug-likeness (QED) is 0.577. The molecule has 1 aromatic heterocycles. The van der Waals surface area contributed by atoms with Gasteiger partial charge in [-0.15, -0.1) is 0 Å². The van der Waals surface area contributed by atoms with E-state index in [-0.39, 0.29) is 12.3 Å². The molecule has 1 fully saturated rings. The molecule has 2 heterocycles. The number of likely N-dealkylation sites (tertiary alicyclic amines) is 1. The van der Waals surface area contributed by atoms with Crippen LogP contribution >= 0.6 is 11.3 Å². The van der Waals surface area contributed by atoms with Crippen LogP contribution in [-0.4, -0.2) is 43.1 Å². The second-order valence-corrected chi connectivity index (χ2v) is 9.22.